The average Bonchev–Trinajstić information content (AvgIpc) is 2.89. The topological polar surface area (TPSA) is 72.2 Å². The average molecular weight is 360 g/mol. The second-order valence-corrected chi connectivity index (χ2v) is 7.47. The first-order chi connectivity index (χ1) is 11.8. The van der Waals surface area contributed by atoms with Crippen LogP contribution in [-0.2, 0) is 10.0 Å². The summed E-state index contributed by atoms with van der Waals surface area (Å²) in [5.41, 5.74) is 3.28. The molecule has 0 fully saturated rings. The molecule has 0 bridgehead atoms. The van der Waals surface area contributed by atoms with Gasteiger partial charge in [0, 0.05) is 5.56 Å². The molecule has 0 aliphatic carbocycles. The molecule has 0 aliphatic heterocycles. The molecular formula is C18H17FN2O3S. The van der Waals surface area contributed by atoms with Gasteiger partial charge in [-0.2, -0.15) is 0 Å². The van der Waals surface area contributed by atoms with Gasteiger partial charge in [0.1, 0.15) is 11.6 Å². The van der Waals surface area contributed by atoms with Gasteiger partial charge in [-0.1, -0.05) is 17.3 Å². The summed E-state index contributed by atoms with van der Waals surface area (Å²) in [6, 6.07) is 10.3. The molecule has 0 atom stereocenters. The zero-order chi connectivity index (χ0) is 18.2. The molecule has 0 aliphatic rings. The lowest BCUT2D eigenvalue weighted by Crippen LogP contribution is -2.13. The maximum atomic E-state index is 13.2. The molecule has 7 heteroatoms. The van der Waals surface area contributed by atoms with Gasteiger partial charge in [-0.05, 0) is 62.2 Å². The van der Waals surface area contributed by atoms with E-state index in [1.165, 1.54) is 30.3 Å². The van der Waals surface area contributed by atoms with Gasteiger partial charge >= 0.3 is 0 Å². The summed E-state index contributed by atoms with van der Waals surface area (Å²) in [5, 5.41) is 3.90. The Morgan fingerprint density at radius 3 is 2.28 bits per heavy atom. The number of hydrogen-bond acceptors (Lipinski definition) is 4. The standard InChI is InChI=1S/C18H17FN2O3S/c1-11-10-15(19)6-9-17(11)21-25(22,23)16-7-4-14(5-8-16)18-12(2)20-24-13(18)3/h4-10,21H,1-3H3. The summed E-state index contributed by atoms with van der Waals surface area (Å²) < 4.78 is 45.8. The lowest BCUT2D eigenvalue weighted by atomic mass is 10.0. The Bertz CT molecular complexity index is 1010. The SMILES string of the molecule is Cc1cc(F)ccc1NS(=O)(=O)c1ccc(-c2c(C)noc2C)cc1. The molecule has 0 amide bonds. The summed E-state index contributed by atoms with van der Waals surface area (Å²) in [4.78, 5) is 0.117. The van der Waals surface area contributed by atoms with Crippen molar-refractivity contribution in [3.05, 3.63) is 65.3 Å². The Kier molecular flexibility index (Phi) is 4.34. The molecule has 1 heterocycles. The monoisotopic (exact) mass is 360 g/mol. The lowest BCUT2D eigenvalue weighted by molar-refractivity contribution is 0.393. The molecule has 130 valence electrons. The number of halogens is 1. The van der Waals surface area contributed by atoms with E-state index in [4.69, 9.17) is 4.52 Å². The van der Waals surface area contributed by atoms with Crippen molar-refractivity contribution in [2.45, 2.75) is 25.7 Å². The van der Waals surface area contributed by atoms with E-state index in [2.05, 4.69) is 9.88 Å². The van der Waals surface area contributed by atoms with Crippen molar-refractivity contribution >= 4 is 15.7 Å². The highest BCUT2D eigenvalue weighted by Crippen LogP contribution is 2.28. The summed E-state index contributed by atoms with van der Waals surface area (Å²) in [6.45, 7) is 5.27. The molecule has 3 rings (SSSR count). The first-order valence-electron chi connectivity index (χ1n) is 7.60. The van der Waals surface area contributed by atoms with E-state index in [0.717, 1.165) is 16.8 Å². The molecule has 3 aromatic rings. The highest BCUT2D eigenvalue weighted by molar-refractivity contribution is 7.92. The van der Waals surface area contributed by atoms with Crippen molar-refractivity contribution in [2.75, 3.05) is 4.72 Å². The Morgan fingerprint density at radius 1 is 1.04 bits per heavy atom. The Morgan fingerprint density at radius 2 is 1.72 bits per heavy atom. The third-order valence-electron chi connectivity index (χ3n) is 3.92. The van der Waals surface area contributed by atoms with Gasteiger partial charge in [-0.25, -0.2) is 12.8 Å². The predicted octanol–water partition coefficient (Wildman–Crippen LogP) is 4.21. The maximum absolute atomic E-state index is 13.2. The highest BCUT2D eigenvalue weighted by atomic mass is 32.2. The van der Waals surface area contributed by atoms with Crippen LogP contribution < -0.4 is 4.72 Å². The Labute approximate surface area is 145 Å². The Balaban J connectivity index is 1.91. The Hall–Kier alpha value is -2.67. The second-order valence-electron chi connectivity index (χ2n) is 5.79. The van der Waals surface area contributed by atoms with E-state index in [9.17, 15) is 12.8 Å². The number of anilines is 1. The summed E-state index contributed by atoms with van der Waals surface area (Å²) >= 11 is 0. The van der Waals surface area contributed by atoms with Crippen molar-refractivity contribution in [2.24, 2.45) is 0 Å². The fraction of sp³-hybridized carbons (Fsp3) is 0.167. The third-order valence-corrected chi connectivity index (χ3v) is 5.30. The number of sulfonamides is 1. The number of aromatic nitrogens is 1. The molecular weight excluding hydrogens is 343 g/mol. The molecule has 0 saturated heterocycles. The van der Waals surface area contributed by atoms with Crippen molar-refractivity contribution in [1.29, 1.82) is 0 Å². The van der Waals surface area contributed by atoms with E-state index in [1.807, 2.05) is 6.92 Å². The van der Waals surface area contributed by atoms with Crippen molar-refractivity contribution in [1.82, 2.24) is 5.16 Å². The predicted molar refractivity (Wildman–Crippen MR) is 93.4 cm³/mol. The third kappa shape index (κ3) is 3.41. The number of nitrogens with zero attached hydrogens (tertiary/aromatic N) is 1. The smallest absolute Gasteiger partial charge is 0.261 e. The van der Waals surface area contributed by atoms with Crippen LogP contribution >= 0.6 is 0 Å². The summed E-state index contributed by atoms with van der Waals surface area (Å²) in [5.74, 6) is 0.262. The van der Waals surface area contributed by atoms with Crippen LogP contribution in [0.3, 0.4) is 0 Å². The minimum atomic E-state index is -3.77. The largest absolute Gasteiger partial charge is 0.361 e. The summed E-state index contributed by atoms with van der Waals surface area (Å²) in [7, 11) is -3.77. The molecule has 0 radical (unpaired) electrons. The summed E-state index contributed by atoms with van der Waals surface area (Å²) in [6.07, 6.45) is 0. The molecule has 0 saturated carbocycles. The van der Waals surface area contributed by atoms with Crippen LogP contribution in [0.5, 0.6) is 0 Å². The minimum absolute atomic E-state index is 0.117. The van der Waals surface area contributed by atoms with Crippen molar-refractivity contribution in [3.8, 4) is 11.1 Å². The van der Waals surface area contributed by atoms with Gasteiger partial charge in [0.2, 0.25) is 0 Å². The molecule has 0 unspecified atom stereocenters. The van der Waals surface area contributed by atoms with Crippen LogP contribution in [0.2, 0.25) is 0 Å². The van der Waals surface area contributed by atoms with E-state index in [0.29, 0.717) is 17.0 Å². The first kappa shape index (κ1) is 17.2. The molecule has 2 aromatic carbocycles. The van der Waals surface area contributed by atoms with Gasteiger partial charge < -0.3 is 4.52 Å². The van der Waals surface area contributed by atoms with Crippen LogP contribution in [0.15, 0.2) is 51.9 Å². The first-order valence-corrected chi connectivity index (χ1v) is 9.08. The zero-order valence-corrected chi connectivity index (χ0v) is 14.8. The van der Waals surface area contributed by atoms with Gasteiger partial charge in [0.15, 0.2) is 0 Å². The van der Waals surface area contributed by atoms with Crippen LogP contribution in [0.4, 0.5) is 10.1 Å². The van der Waals surface area contributed by atoms with Gasteiger partial charge in [0.25, 0.3) is 10.0 Å². The quantitative estimate of drug-likeness (QED) is 0.757. The van der Waals surface area contributed by atoms with Crippen molar-refractivity contribution < 1.29 is 17.3 Å². The lowest BCUT2D eigenvalue weighted by Gasteiger charge is -2.11. The fourth-order valence-corrected chi connectivity index (χ4v) is 3.77. The van der Waals surface area contributed by atoms with Crippen LogP contribution in [0, 0.1) is 26.6 Å². The fourth-order valence-electron chi connectivity index (χ4n) is 2.64. The highest BCUT2D eigenvalue weighted by Gasteiger charge is 2.17. The van der Waals surface area contributed by atoms with E-state index >= 15 is 0 Å². The number of benzene rings is 2. The molecule has 5 nitrogen and oxygen atoms in total. The van der Waals surface area contributed by atoms with Crippen LogP contribution in [0.25, 0.3) is 11.1 Å². The maximum Gasteiger partial charge on any atom is 0.261 e. The van der Waals surface area contributed by atoms with Crippen LogP contribution in [0.1, 0.15) is 17.0 Å². The molecule has 0 spiro atoms. The normalized spacial score (nSPS) is 11.5. The van der Waals surface area contributed by atoms with Gasteiger partial charge in [-0.3, -0.25) is 4.72 Å². The van der Waals surface area contributed by atoms with E-state index in [-0.39, 0.29) is 4.90 Å². The molecule has 1 N–H and O–H groups in total. The molecule has 1 aromatic heterocycles. The van der Waals surface area contributed by atoms with E-state index in [1.54, 1.807) is 26.0 Å². The van der Waals surface area contributed by atoms with Crippen LogP contribution in [-0.4, -0.2) is 13.6 Å². The second kappa shape index (κ2) is 6.33. The number of hydrogen-bond donors (Lipinski definition) is 1. The zero-order valence-electron chi connectivity index (χ0n) is 14.0. The van der Waals surface area contributed by atoms with Gasteiger partial charge in [0.05, 0.1) is 16.3 Å². The number of aryl methyl sites for hydroxylation is 3. The van der Waals surface area contributed by atoms with Gasteiger partial charge in [-0.15, -0.1) is 0 Å². The minimum Gasteiger partial charge on any atom is -0.361 e. The number of rotatable bonds is 4. The molecule has 25 heavy (non-hydrogen) atoms. The van der Waals surface area contributed by atoms with E-state index < -0.39 is 15.8 Å². The van der Waals surface area contributed by atoms with Crippen molar-refractivity contribution in [3.63, 3.8) is 0 Å². The number of nitrogens with one attached hydrogen (secondary N) is 1.